The van der Waals surface area contributed by atoms with Crippen molar-refractivity contribution in [1.82, 2.24) is 0 Å². The molecular formula is C18H18ClN2O4S-. The van der Waals surface area contributed by atoms with E-state index in [1.54, 1.807) is 6.08 Å². The number of carbonyl (C=O) groups excluding carboxylic acids is 2. The summed E-state index contributed by atoms with van der Waals surface area (Å²) in [6, 6.07) is 2.17. The van der Waals surface area contributed by atoms with Gasteiger partial charge in [-0.1, -0.05) is 17.7 Å². The number of nitriles is 1. The zero-order valence-electron chi connectivity index (χ0n) is 14.4. The minimum absolute atomic E-state index is 0.148. The van der Waals surface area contributed by atoms with E-state index in [1.807, 2.05) is 13.8 Å². The maximum Gasteiger partial charge on any atom is 0.229 e. The maximum atomic E-state index is 12.7. The highest BCUT2D eigenvalue weighted by Crippen LogP contribution is 2.41. The van der Waals surface area contributed by atoms with Gasteiger partial charge in [0.05, 0.1) is 23.7 Å². The van der Waals surface area contributed by atoms with Gasteiger partial charge in [0.2, 0.25) is 5.91 Å². The molecule has 3 rings (SSSR count). The first kappa shape index (κ1) is 18.9. The van der Waals surface area contributed by atoms with Crippen molar-refractivity contribution in [2.45, 2.75) is 45.3 Å². The standard InChI is InChI=1S/C18H19ClN2O4S/c1-18(2)6-12-13(7-20)16(26-14(12)8-25-18)21-15(22)11-5-9(19)3-4-10(11)17(23)24/h3,10-11H,4-6,8H2,1-2H3,(H,21,22)(H,23,24)/p-1/t10-,11+/m0/s1. The molecule has 0 spiro atoms. The second kappa shape index (κ2) is 7.03. The maximum absolute atomic E-state index is 12.7. The van der Waals surface area contributed by atoms with E-state index in [0.717, 1.165) is 10.4 Å². The van der Waals surface area contributed by atoms with Gasteiger partial charge < -0.3 is 20.0 Å². The number of thiophene rings is 1. The molecule has 8 heteroatoms. The predicted octanol–water partition coefficient (Wildman–Crippen LogP) is 2.31. The molecule has 1 aliphatic heterocycles. The van der Waals surface area contributed by atoms with Crippen LogP contribution in [-0.2, 0) is 27.4 Å². The van der Waals surface area contributed by atoms with Crippen LogP contribution in [-0.4, -0.2) is 17.5 Å². The number of halogens is 1. The first-order chi connectivity index (χ1) is 12.2. The van der Waals surface area contributed by atoms with E-state index >= 15 is 0 Å². The topological polar surface area (TPSA) is 102 Å². The lowest BCUT2D eigenvalue weighted by Crippen LogP contribution is -2.42. The normalized spacial score (nSPS) is 24.2. The van der Waals surface area contributed by atoms with Crippen LogP contribution in [0.4, 0.5) is 5.00 Å². The number of carboxylic acid groups (broad SMARTS) is 1. The Bertz CT molecular complexity index is 837. The molecule has 1 aliphatic carbocycles. The van der Waals surface area contributed by atoms with Crippen LogP contribution in [0.15, 0.2) is 11.1 Å². The first-order valence-electron chi connectivity index (χ1n) is 8.26. The Hall–Kier alpha value is -1.88. The fourth-order valence-corrected chi connectivity index (χ4v) is 4.69. The van der Waals surface area contributed by atoms with Crippen LogP contribution >= 0.6 is 22.9 Å². The molecule has 1 amide bonds. The molecule has 1 N–H and O–H groups in total. The van der Waals surface area contributed by atoms with Gasteiger partial charge in [0.25, 0.3) is 0 Å². The largest absolute Gasteiger partial charge is 0.550 e. The molecule has 6 nitrogen and oxygen atoms in total. The number of amides is 1. The van der Waals surface area contributed by atoms with Gasteiger partial charge in [0.1, 0.15) is 11.1 Å². The van der Waals surface area contributed by atoms with Crippen molar-refractivity contribution in [2.75, 3.05) is 5.32 Å². The molecule has 0 radical (unpaired) electrons. The lowest BCUT2D eigenvalue weighted by Gasteiger charge is -2.30. The van der Waals surface area contributed by atoms with E-state index in [2.05, 4.69) is 11.4 Å². The molecular weight excluding hydrogens is 376 g/mol. The monoisotopic (exact) mass is 393 g/mol. The number of nitrogens with one attached hydrogen (secondary N) is 1. The minimum atomic E-state index is -1.27. The van der Waals surface area contributed by atoms with Crippen molar-refractivity contribution in [3.63, 3.8) is 0 Å². The fraction of sp³-hybridized carbons (Fsp3) is 0.500. The molecule has 2 atom stereocenters. The summed E-state index contributed by atoms with van der Waals surface area (Å²) in [7, 11) is 0. The van der Waals surface area contributed by atoms with Crippen molar-refractivity contribution < 1.29 is 19.4 Å². The number of carbonyl (C=O) groups is 2. The van der Waals surface area contributed by atoms with Crippen LogP contribution in [0.5, 0.6) is 0 Å². The zero-order valence-corrected chi connectivity index (χ0v) is 16.0. The predicted molar refractivity (Wildman–Crippen MR) is 95.4 cm³/mol. The third-order valence-corrected chi connectivity index (χ3v) is 6.20. The number of aliphatic carboxylic acids is 1. The molecule has 0 saturated heterocycles. The number of hydrogen-bond donors (Lipinski definition) is 1. The summed E-state index contributed by atoms with van der Waals surface area (Å²) in [5.74, 6) is -3.48. The van der Waals surface area contributed by atoms with Crippen molar-refractivity contribution in [2.24, 2.45) is 11.8 Å². The molecule has 0 bridgehead atoms. The highest BCUT2D eigenvalue weighted by Gasteiger charge is 2.35. The summed E-state index contributed by atoms with van der Waals surface area (Å²) in [5, 5.41) is 24.6. The number of anilines is 1. The molecule has 2 aliphatic rings. The third-order valence-electron chi connectivity index (χ3n) is 4.77. The van der Waals surface area contributed by atoms with E-state index < -0.39 is 23.7 Å². The van der Waals surface area contributed by atoms with E-state index in [9.17, 15) is 20.0 Å². The molecule has 0 unspecified atom stereocenters. The molecule has 1 aromatic heterocycles. The lowest BCUT2D eigenvalue weighted by atomic mass is 9.82. The molecule has 0 fully saturated rings. The van der Waals surface area contributed by atoms with Gasteiger partial charge in [0.15, 0.2) is 0 Å². The fourth-order valence-electron chi connectivity index (χ4n) is 3.36. The van der Waals surface area contributed by atoms with Crippen LogP contribution in [0.3, 0.4) is 0 Å². The number of ether oxygens (including phenoxy) is 1. The van der Waals surface area contributed by atoms with Gasteiger partial charge >= 0.3 is 0 Å². The highest BCUT2D eigenvalue weighted by molar-refractivity contribution is 7.16. The van der Waals surface area contributed by atoms with E-state index in [-0.39, 0.29) is 18.4 Å². The summed E-state index contributed by atoms with van der Waals surface area (Å²) < 4.78 is 5.77. The Kier molecular flexibility index (Phi) is 5.11. The smallest absolute Gasteiger partial charge is 0.229 e. The van der Waals surface area contributed by atoms with Crippen molar-refractivity contribution in [3.05, 3.63) is 27.1 Å². The number of hydrogen-bond acceptors (Lipinski definition) is 6. The molecule has 138 valence electrons. The average molecular weight is 394 g/mol. The Morgan fingerprint density at radius 2 is 2.19 bits per heavy atom. The Morgan fingerprint density at radius 3 is 2.85 bits per heavy atom. The number of fused-ring (bicyclic) bond motifs is 1. The number of allylic oxidation sites excluding steroid dienone is 2. The van der Waals surface area contributed by atoms with Crippen LogP contribution in [0.1, 0.15) is 42.7 Å². The van der Waals surface area contributed by atoms with Gasteiger partial charge in [-0.15, -0.1) is 11.3 Å². The van der Waals surface area contributed by atoms with Crippen molar-refractivity contribution >= 4 is 39.8 Å². The van der Waals surface area contributed by atoms with Crippen LogP contribution < -0.4 is 10.4 Å². The van der Waals surface area contributed by atoms with E-state index in [4.69, 9.17) is 16.3 Å². The third kappa shape index (κ3) is 3.63. The summed E-state index contributed by atoms with van der Waals surface area (Å²) in [6.45, 7) is 4.29. The van der Waals surface area contributed by atoms with Crippen LogP contribution in [0.2, 0.25) is 0 Å². The van der Waals surface area contributed by atoms with Gasteiger partial charge in [-0.05, 0) is 32.3 Å². The van der Waals surface area contributed by atoms with Gasteiger partial charge in [-0.3, -0.25) is 4.79 Å². The Labute approximate surface area is 160 Å². The van der Waals surface area contributed by atoms with Crippen molar-refractivity contribution in [1.29, 1.82) is 5.26 Å². The minimum Gasteiger partial charge on any atom is -0.550 e. The first-order valence-corrected chi connectivity index (χ1v) is 9.46. The Balaban J connectivity index is 1.86. The molecule has 2 heterocycles. The lowest BCUT2D eigenvalue weighted by molar-refractivity contribution is -0.313. The van der Waals surface area contributed by atoms with Crippen LogP contribution in [0.25, 0.3) is 0 Å². The summed E-state index contributed by atoms with van der Waals surface area (Å²) >= 11 is 7.30. The van der Waals surface area contributed by atoms with E-state index in [0.29, 0.717) is 28.6 Å². The second-order valence-corrected chi connectivity index (χ2v) is 8.75. The Morgan fingerprint density at radius 1 is 1.46 bits per heavy atom. The summed E-state index contributed by atoms with van der Waals surface area (Å²) in [5.41, 5.74) is 0.946. The van der Waals surface area contributed by atoms with E-state index in [1.165, 1.54) is 11.3 Å². The molecule has 26 heavy (non-hydrogen) atoms. The molecule has 1 aromatic rings. The van der Waals surface area contributed by atoms with Gasteiger partial charge in [0, 0.05) is 28.2 Å². The zero-order chi connectivity index (χ0) is 19.1. The average Bonchev–Trinajstić information content (AvgIpc) is 2.89. The molecule has 0 aromatic carbocycles. The molecule has 0 saturated carbocycles. The quantitative estimate of drug-likeness (QED) is 0.848. The number of carboxylic acids is 1. The number of rotatable bonds is 3. The number of nitrogens with zero attached hydrogens (tertiary/aromatic N) is 1. The summed E-state index contributed by atoms with van der Waals surface area (Å²) in [6.07, 6.45) is 2.50. The van der Waals surface area contributed by atoms with Crippen molar-refractivity contribution in [3.8, 4) is 6.07 Å². The highest BCUT2D eigenvalue weighted by atomic mass is 35.5. The SMILES string of the molecule is CC1(C)Cc2c(sc(NC(=O)[C@@H]3CC(Cl)=CC[C@@H]3C(=O)[O-])c2C#N)CO1. The van der Waals surface area contributed by atoms with Crippen LogP contribution in [0, 0.1) is 23.2 Å². The van der Waals surface area contributed by atoms with Gasteiger partial charge in [-0.2, -0.15) is 5.26 Å². The summed E-state index contributed by atoms with van der Waals surface area (Å²) in [4.78, 5) is 25.0. The second-order valence-electron chi connectivity index (χ2n) is 7.16. The van der Waals surface area contributed by atoms with Gasteiger partial charge in [-0.25, -0.2) is 0 Å².